The molecule has 0 unspecified atom stereocenters. The molecule has 1 heterocycles. The molecule has 1 aromatic carbocycles. The number of anilines is 1. The third-order valence-electron chi connectivity index (χ3n) is 3.08. The van der Waals surface area contributed by atoms with Crippen molar-refractivity contribution >= 4 is 33.0 Å². The summed E-state index contributed by atoms with van der Waals surface area (Å²) >= 11 is 5.85. The van der Waals surface area contributed by atoms with Crippen molar-refractivity contribution in [1.29, 1.82) is 0 Å². The fraction of sp³-hybridized carbons (Fsp3) is 0.357. The van der Waals surface area contributed by atoms with Gasteiger partial charge in [0.15, 0.2) is 9.84 Å². The lowest BCUT2D eigenvalue weighted by Crippen LogP contribution is -2.43. The maximum atomic E-state index is 12.4. The third kappa shape index (κ3) is 3.22. The first-order valence-corrected chi connectivity index (χ1v) is 8.39. The first-order chi connectivity index (χ1) is 9.30. The summed E-state index contributed by atoms with van der Waals surface area (Å²) in [6.45, 7) is 3.58. The average molecular weight is 314 g/mol. The molecule has 1 aliphatic heterocycles. The van der Waals surface area contributed by atoms with Crippen molar-refractivity contribution in [2.75, 3.05) is 10.7 Å². The Hall–Kier alpha value is -1.33. The predicted molar refractivity (Wildman–Crippen MR) is 80.5 cm³/mol. The molecule has 1 aliphatic rings. The molecule has 1 amide bonds. The standard InChI is InChI=1S/C14H16ClNO3S/c1-10(2)14(17)16(12-5-3-11(15)4-6-12)13-7-8-20(18,19)9-13/h3-8,10,13H,9H2,1-2H3/t13-/m0/s1. The fourth-order valence-corrected chi connectivity index (χ4v) is 3.48. The highest BCUT2D eigenvalue weighted by Crippen LogP contribution is 2.26. The molecule has 4 nitrogen and oxygen atoms in total. The van der Waals surface area contributed by atoms with Crippen molar-refractivity contribution in [2.24, 2.45) is 5.92 Å². The zero-order chi connectivity index (χ0) is 14.9. The van der Waals surface area contributed by atoms with Gasteiger partial charge >= 0.3 is 0 Å². The highest BCUT2D eigenvalue weighted by atomic mass is 35.5. The molecule has 0 bridgehead atoms. The van der Waals surface area contributed by atoms with Crippen molar-refractivity contribution in [3.05, 3.63) is 40.8 Å². The van der Waals surface area contributed by atoms with E-state index in [1.165, 1.54) is 10.3 Å². The van der Waals surface area contributed by atoms with Gasteiger partial charge in [-0.15, -0.1) is 0 Å². The quantitative estimate of drug-likeness (QED) is 0.862. The maximum absolute atomic E-state index is 12.4. The van der Waals surface area contributed by atoms with Crippen LogP contribution in [-0.2, 0) is 14.6 Å². The van der Waals surface area contributed by atoms with E-state index >= 15 is 0 Å². The van der Waals surface area contributed by atoms with Crippen LogP contribution in [0.25, 0.3) is 0 Å². The van der Waals surface area contributed by atoms with E-state index < -0.39 is 15.9 Å². The molecular formula is C14H16ClNO3S. The lowest BCUT2D eigenvalue weighted by molar-refractivity contribution is -0.121. The van der Waals surface area contributed by atoms with Gasteiger partial charge in [0.25, 0.3) is 0 Å². The van der Waals surface area contributed by atoms with Gasteiger partial charge in [0.2, 0.25) is 5.91 Å². The van der Waals surface area contributed by atoms with E-state index in [-0.39, 0.29) is 17.6 Å². The monoisotopic (exact) mass is 313 g/mol. The van der Waals surface area contributed by atoms with Crippen LogP contribution in [0.3, 0.4) is 0 Å². The number of hydrogen-bond donors (Lipinski definition) is 0. The van der Waals surface area contributed by atoms with E-state index in [1.807, 2.05) is 0 Å². The van der Waals surface area contributed by atoms with Crippen LogP contribution in [-0.4, -0.2) is 26.1 Å². The molecule has 0 spiro atoms. The zero-order valence-electron chi connectivity index (χ0n) is 11.3. The molecule has 20 heavy (non-hydrogen) atoms. The minimum absolute atomic E-state index is 0.0753. The Balaban J connectivity index is 2.38. The lowest BCUT2D eigenvalue weighted by Gasteiger charge is -2.29. The Morgan fingerprint density at radius 1 is 1.30 bits per heavy atom. The summed E-state index contributed by atoms with van der Waals surface area (Å²) in [6, 6.07) is 6.36. The van der Waals surface area contributed by atoms with Crippen molar-refractivity contribution in [3.63, 3.8) is 0 Å². The minimum atomic E-state index is -3.22. The number of carbonyl (C=O) groups is 1. The van der Waals surface area contributed by atoms with Gasteiger partial charge in [-0.05, 0) is 30.3 Å². The number of rotatable bonds is 3. The lowest BCUT2D eigenvalue weighted by atomic mass is 10.1. The predicted octanol–water partition coefficient (Wildman–Crippen LogP) is 2.64. The van der Waals surface area contributed by atoms with Gasteiger partial charge in [-0.1, -0.05) is 25.4 Å². The number of sulfone groups is 1. The van der Waals surface area contributed by atoms with E-state index in [0.29, 0.717) is 10.7 Å². The third-order valence-corrected chi connectivity index (χ3v) is 4.71. The van der Waals surface area contributed by atoms with Crippen molar-refractivity contribution in [1.82, 2.24) is 0 Å². The number of halogens is 1. The molecule has 1 atom stereocenters. The molecule has 1 aromatic rings. The van der Waals surface area contributed by atoms with Gasteiger partial charge in [-0.25, -0.2) is 8.42 Å². The largest absolute Gasteiger partial charge is 0.304 e. The number of hydrogen-bond acceptors (Lipinski definition) is 3. The molecule has 2 rings (SSSR count). The van der Waals surface area contributed by atoms with Crippen LogP contribution in [0.15, 0.2) is 35.7 Å². The van der Waals surface area contributed by atoms with E-state index in [0.717, 1.165) is 0 Å². The van der Waals surface area contributed by atoms with Gasteiger partial charge < -0.3 is 4.90 Å². The summed E-state index contributed by atoms with van der Waals surface area (Å²) in [7, 11) is -3.22. The highest BCUT2D eigenvalue weighted by molar-refractivity contribution is 7.94. The zero-order valence-corrected chi connectivity index (χ0v) is 12.9. The highest BCUT2D eigenvalue weighted by Gasteiger charge is 2.32. The molecule has 0 N–H and O–H groups in total. The van der Waals surface area contributed by atoms with Crippen LogP contribution < -0.4 is 4.90 Å². The molecule has 6 heteroatoms. The van der Waals surface area contributed by atoms with Crippen LogP contribution in [0.2, 0.25) is 5.02 Å². The molecule has 108 valence electrons. The number of carbonyl (C=O) groups excluding carboxylic acids is 1. The Labute approximate surface area is 124 Å². The molecule has 0 radical (unpaired) electrons. The van der Waals surface area contributed by atoms with E-state index in [2.05, 4.69) is 0 Å². The summed E-state index contributed by atoms with van der Waals surface area (Å²) in [5.74, 6) is -0.407. The number of nitrogens with zero attached hydrogens (tertiary/aromatic N) is 1. The Morgan fingerprint density at radius 3 is 2.35 bits per heavy atom. The molecule has 0 saturated carbocycles. The normalized spacial score (nSPS) is 20.3. The molecule has 0 saturated heterocycles. The Kier molecular flexibility index (Phi) is 4.20. The van der Waals surface area contributed by atoms with Crippen LogP contribution in [0.4, 0.5) is 5.69 Å². The second kappa shape index (κ2) is 5.58. The Morgan fingerprint density at radius 2 is 1.90 bits per heavy atom. The smallest absolute Gasteiger partial charge is 0.230 e. The average Bonchev–Trinajstić information content (AvgIpc) is 2.72. The first kappa shape index (κ1) is 15.1. The SMILES string of the molecule is CC(C)C(=O)N(c1ccc(Cl)cc1)[C@H]1C=CS(=O)(=O)C1. The van der Waals surface area contributed by atoms with Crippen molar-refractivity contribution < 1.29 is 13.2 Å². The maximum Gasteiger partial charge on any atom is 0.230 e. The molecular weight excluding hydrogens is 298 g/mol. The van der Waals surface area contributed by atoms with Gasteiger partial charge in [-0.2, -0.15) is 0 Å². The van der Waals surface area contributed by atoms with Gasteiger partial charge in [-0.3, -0.25) is 4.79 Å². The van der Waals surface area contributed by atoms with Crippen molar-refractivity contribution in [2.45, 2.75) is 19.9 Å². The summed E-state index contributed by atoms with van der Waals surface area (Å²) in [5.41, 5.74) is 0.653. The minimum Gasteiger partial charge on any atom is -0.304 e. The molecule has 0 aliphatic carbocycles. The van der Waals surface area contributed by atoms with Crippen LogP contribution in [0.5, 0.6) is 0 Å². The van der Waals surface area contributed by atoms with E-state index in [9.17, 15) is 13.2 Å². The van der Waals surface area contributed by atoms with Crippen molar-refractivity contribution in [3.8, 4) is 0 Å². The van der Waals surface area contributed by atoms with E-state index in [1.54, 1.807) is 44.2 Å². The number of benzene rings is 1. The molecule has 0 aromatic heterocycles. The number of amides is 1. The second-order valence-electron chi connectivity index (χ2n) is 5.06. The van der Waals surface area contributed by atoms with Crippen LogP contribution >= 0.6 is 11.6 Å². The summed E-state index contributed by atoms with van der Waals surface area (Å²) < 4.78 is 23.2. The fourth-order valence-electron chi connectivity index (χ4n) is 2.08. The summed E-state index contributed by atoms with van der Waals surface area (Å²) in [4.78, 5) is 13.9. The second-order valence-corrected chi connectivity index (χ2v) is 7.43. The summed E-state index contributed by atoms with van der Waals surface area (Å²) in [6.07, 6.45) is 1.56. The topological polar surface area (TPSA) is 54.5 Å². The van der Waals surface area contributed by atoms with Gasteiger partial charge in [0, 0.05) is 22.0 Å². The first-order valence-electron chi connectivity index (χ1n) is 6.30. The molecule has 0 fully saturated rings. The summed E-state index contributed by atoms with van der Waals surface area (Å²) in [5, 5.41) is 1.74. The van der Waals surface area contributed by atoms with Gasteiger partial charge in [0.05, 0.1) is 11.8 Å². The Bertz CT molecular complexity index is 635. The van der Waals surface area contributed by atoms with Gasteiger partial charge in [0.1, 0.15) is 0 Å². The van der Waals surface area contributed by atoms with E-state index in [4.69, 9.17) is 11.6 Å². The van der Waals surface area contributed by atoms with Crippen LogP contribution in [0.1, 0.15) is 13.8 Å². The van der Waals surface area contributed by atoms with Crippen LogP contribution in [0, 0.1) is 5.92 Å².